The molecule has 0 atom stereocenters. The molecule has 2 aliphatic rings. The number of hydrogen-bond donors (Lipinski definition) is 0. The molecular weight excluding hydrogens is 1510 g/mol. The van der Waals surface area contributed by atoms with Crippen molar-refractivity contribution in [3.63, 3.8) is 0 Å². The lowest BCUT2D eigenvalue weighted by atomic mass is 9.81. The number of nitrogens with zero attached hydrogens (tertiary/aromatic N) is 3. The van der Waals surface area contributed by atoms with E-state index in [4.69, 9.17) is 0 Å². The second kappa shape index (κ2) is 24.4. The molecule has 0 saturated carbocycles. The molecule has 0 unspecified atom stereocenters. The maximum absolute atomic E-state index is 2.56. The van der Waals surface area contributed by atoms with E-state index in [1.807, 2.05) is 34.0 Å². The van der Waals surface area contributed by atoms with Crippen LogP contribution in [0.1, 0.15) is 49.9 Å². The molecule has 2 aliphatic carbocycles. The zero-order valence-corrected chi connectivity index (χ0v) is 68.6. The van der Waals surface area contributed by atoms with Gasteiger partial charge >= 0.3 is 0 Å². The Morgan fingerprint density at radius 3 is 0.933 bits per heavy atom. The Morgan fingerprint density at radius 1 is 0.175 bits per heavy atom. The van der Waals surface area contributed by atoms with Gasteiger partial charge < -0.3 is 13.7 Å². The number of hydrogen-bond acceptors (Lipinski definition) is 3. The molecule has 28 rings (SSSR count). The summed E-state index contributed by atoms with van der Waals surface area (Å²) in [5.41, 5.74) is 24.0. The van der Waals surface area contributed by atoms with Gasteiger partial charge in [0, 0.05) is 121 Å². The van der Waals surface area contributed by atoms with Gasteiger partial charge in [0.15, 0.2) is 0 Å². The highest BCUT2D eigenvalue weighted by atomic mass is 32.1. The quantitative estimate of drug-likeness (QED) is 0.156. The van der Waals surface area contributed by atoms with Gasteiger partial charge in [-0.2, -0.15) is 0 Å². The van der Waals surface area contributed by atoms with Crippen molar-refractivity contribution in [1.29, 1.82) is 0 Å². The highest BCUT2D eigenvalue weighted by molar-refractivity contribution is 7.27. The van der Waals surface area contributed by atoms with Gasteiger partial charge in [0.25, 0.3) is 0 Å². The second-order valence-corrected chi connectivity index (χ2v) is 37.7. The Labute approximate surface area is 701 Å². The molecule has 6 heteroatoms. The third kappa shape index (κ3) is 9.17. The summed E-state index contributed by atoms with van der Waals surface area (Å²) < 4.78 is 15.5. The number of rotatable bonds is 4. The fourth-order valence-corrected chi connectivity index (χ4v) is 25.4. The smallest absolute Gasteiger partial charge is 0.0561 e. The standard InChI is InChI=1S/C57H36N2S.C57H35NS2/c1-57(2)49-30-44-38-16-6-4-14-36(38)35-13-3-5-15-37(35)43(44)29-45(49)46-32-54-47(31-50(46)57)41-25-23-34(58-51-20-10-7-17-39(51)40-18-8-11-21-52(40)58)28-53(41)59(54)33-24-26-56-48(27-33)42-19-9-12-22-55(42)60-56;1-57(2)49-29-44-38-15-6-4-13-36(38)35-12-3-5-14-37(35)43(44)28-45(49)46-31-52-47(30-50(46)57)39-24-22-32(34-18-11-19-42-40-16-7-10-21-54(40)60-56(34)42)26-51(39)58(52)33-23-25-55-48(27-33)41-17-8-9-20-53(41)59-55/h3-32H,1-2H3;3-31H,1-2H3. The zero-order chi connectivity index (χ0) is 78.9. The van der Waals surface area contributed by atoms with Crippen LogP contribution in [0.3, 0.4) is 0 Å². The number of thiophene rings is 3. The van der Waals surface area contributed by atoms with Crippen molar-refractivity contribution in [3.8, 4) is 50.4 Å². The van der Waals surface area contributed by atoms with E-state index >= 15 is 0 Å². The van der Waals surface area contributed by atoms with Gasteiger partial charge in [-0.1, -0.05) is 252 Å². The topological polar surface area (TPSA) is 14.8 Å². The van der Waals surface area contributed by atoms with Crippen LogP contribution < -0.4 is 0 Å². The van der Waals surface area contributed by atoms with Crippen LogP contribution in [0.2, 0.25) is 0 Å². The van der Waals surface area contributed by atoms with Crippen molar-refractivity contribution in [1.82, 2.24) is 13.7 Å². The Morgan fingerprint density at radius 2 is 0.475 bits per heavy atom. The van der Waals surface area contributed by atoms with Crippen LogP contribution in [0.25, 0.3) is 241 Å². The van der Waals surface area contributed by atoms with E-state index in [0.717, 1.165) is 5.69 Å². The number of para-hydroxylation sites is 2. The lowest BCUT2D eigenvalue weighted by Crippen LogP contribution is -2.15. The van der Waals surface area contributed by atoms with E-state index in [2.05, 4.69) is 399 Å². The minimum absolute atomic E-state index is 0.181. The van der Waals surface area contributed by atoms with Gasteiger partial charge in [-0.25, -0.2) is 0 Å². The normalized spacial score (nSPS) is 13.6. The van der Waals surface area contributed by atoms with Crippen molar-refractivity contribution < 1.29 is 0 Å². The van der Waals surface area contributed by atoms with Gasteiger partial charge in [-0.05, 0) is 254 Å². The first kappa shape index (κ1) is 67.1. The van der Waals surface area contributed by atoms with Crippen molar-refractivity contribution in [2.24, 2.45) is 0 Å². The molecule has 26 aromatic rings. The highest BCUT2D eigenvalue weighted by Crippen LogP contribution is 2.57. The van der Waals surface area contributed by atoms with Crippen molar-refractivity contribution in [2.75, 3.05) is 0 Å². The summed E-state index contributed by atoms with van der Waals surface area (Å²) in [4.78, 5) is 0. The Bertz CT molecular complexity index is 9070. The van der Waals surface area contributed by atoms with E-state index in [1.165, 1.54) is 258 Å². The Hall–Kier alpha value is -14.0. The second-order valence-electron chi connectivity index (χ2n) is 34.5. The molecule has 0 saturated heterocycles. The maximum atomic E-state index is 2.56. The van der Waals surface area contributed by atoms with Crippen molar-refractivity contribution >= 4 is 225 Å². The highest BCUT2D eigenvalue weighted by Gasteiger charge is 2.40. The summed E-state index contributed by atoms with van der Waals surface area (Å²) in [5, 5.41) is 31.4. The van der Waals surface area contributed by atoms with Crippen molar-refractivity contribution in [2.45, 2.75) is 38.5 Å². The van der Waals surface area contributed by atoms with E-state index in [0.29, 0.717) is 0 Å². The lowest BCUT2D eigenvalue weighted by molar-refractivity contribution is 0.662. The summed E-state index contributed by atoms with van der Waals surface area (Å²) in [5.74, 6) is 0. The molecule has 0 aliphatic heterocycles. The van der Waals surface area contributed by atoms with E-state index in [9.17, 15) is 0 Å². The number of benzene rings is 20. The van der Waals surface area contributed by atoms with Gasteiger partial charge in [-0.15, -0.1) is 34.0 Å². The average molecular weight is 1580 g/mol. The van der Waals surface area contributed by atoms with Crippen molar-refractivity contribution in [3.05, 3.63) is 380 Å². The van der Waals surface area contributed by atoms with Crippen LogP contribution in [0, 0.1) is 0 Å². The molecule has 6 aromatic heterocycles. The van der Waals surface area contributed by atoms with Crippen LogP contribution in [-0.2, 0) is 10.8 Å². The Kier molecular flexibility index (Phi) is 13.6. The molecule has 6 heterocycles. The average Bonchev–Trinajstić information content (AvgIpc) is 1.49. The third-order valence-electron chi connectivity index (χ3n) is 27.6. The lowest BCUT2D eigenvalue weighted by Gasteiger charge is -2.22. The van der Waals surface area contributed by atoms with Crippen LogP contribution >= 0.6 is 34.0 Å². The fourth-order valence-electron chi connectivity index (χ4n) is 22.0. The molecular formula is C114H71N3S3. The number of fused-ring (bicyclic) bond motifs is 36. The van der Waals surface area contributed by atoms with Crippen LogP contribution in [0.5, 0.6) is 0 Å². The van der Waals surface area contributed by atoms with E-state index < -0.39 is 0 Å². The van der Waals surface area contributed by atoms with Gasteiger partial charge in [0.05, 0.1) is 33.1 Å². The maximum Gasteiger partial charge on any atom is 0.0561 e. The molecule has 3 nitrogen and oxygen atoms in total. The molecule has 0 amide bonds. The monoisotopic (exact) mass is 1580 g/mol. The summed E-state index contributed by atoms with van der Waals surface area (Å²) in [6, 6.07) is 135. The van der Waals surface area contributed by atoms with Crippen LogP contribution in [0.15, 0.2) is 358 Å². The first-order valence-corrected chi connectivity index (χ1v) is 44.2. The van der Waals surface area contributed by atoms with Gasteiger partial charge in [-0.3, -0.25) is 0 Å². The number of aromatic nitrogens is 3. The van der Waals surface area contributed by atoms with E-state index in [1.54, 1.807) is 0 Å². The molecule has 0 fully saturated rings. The third-order valence-corrected chi connectivity index (χ3v) is 31.1. The predicted molar refractivity (Wildman–Crippen MR) is 520 cm³/mol. The molecule has 20 aromatic carbocycles. The minimum atomic E-state index is -0.189. The minimum Gasteiger partial charge on any atom is -0.309 e. The van der Waals surface area contributed by atoms with Gasteiger partial charge in [0.1, 0.15) is 0 Å². The zero-order valence-electron chi connectivity index (χ0n) is 66.1. The van der Waals surface area contributed by atoms with Crippen LogP contribution in [-0.4, -0.2) is 13.7 Å². The SMILES string of the molecule is CC1(C)c2cc3c4ccccc4c4ccccc4c3cc2-c2cc3c(cc21)c1ccc(-c2cccc4c2sc2ccccc24)cc1n3-c1ccc2sc3ccccc3c2c1.CC1(C)c2cc3c4ccccc4c4ccccc4c3cc2-c2cc3c(cc21)c1ccc(-n2c4ccccc4c4ccccc42)cc1n3-c1ccc2sc3ccccc3c2c1. The molecule has 120 heavy (non-hydrogen) atoms. The first-order valence-electron chi connectivity index (χ1n) is 41.7. The van der Waals surface area contributed by atoms with Crippen LogP contribution in [0.4, 0.5) is 0 Å². The summed E-state index contributed by atoms with van der Waals surface area (Å²) in [6.07, 6.45) is 0. The summed E-state index contributed by atoms with van der Waals surface area (Å²) >= 11 is 5.66. The Balaban J connectivity index is 0.000000127. The first-order chi connectivity index (χ1) is 59.0. The largest absolute Gasteiger partial charge is 0.309 e. The van der Waals surface area contributed by atoms with E-state index in [-0.39, 0.29) is 10.8 Å². The molecule has 0 radical (unpaired) electrons. The molecule has 0 bridgehead atoms. The summed E-state index contributed by atoms with van der Waals surface area (Å²) in [6.45, 7) is 9.70. The molecule has 0 spiro atoms. The fraction of sp³-hybridized carbons (Fsp3) is 0.0526. The molecule has 0 N–H and O–H groups in total. The predicted octanol–water partition coefficient (Wildman–Crippen LogP) is 33.0. The summed E-state index contributed by atoms with van der Waals surface area (Å²) in [7, 11) is 0. The molecule has 560 valence electrons. The van der Waals surface area contributed by atoms with Gasteiger partial charge in [0.2, 0.25) is 0 Å².